The maximum atomic E-state index is 12.5. The molecule has 2 rings (SSSR count). The predicted molar refractivity (Wildman–Crippen MR) is 100 cm³/mol. The second kappa shape index (κ2) is 10.2. The van der Waals surface area contributed by atoms with E-state index in [-0.39, 0.29) is 23.8 Å². The minimum atomic E-state index is -2.94. The van der Waals surface area contributed by atoms with Crippen LogP contribution in [-0.2, 0) is 11.3 Å². The molecule has 1 N–H and O–H groups in total. The number of halogens is 2. The van der Waals surface area contributed by atoms with Crippen LogP contribution in [0.5, 0.6) is 11.5 Å². The minimum Gasteiger partial charge on any atom is -0.493 e. The Morgan fingerprint density at radius 3 is 2.68 bits per heavy atom. The van der Waals surface area contributed by atoms with E-state index in [1.807, 2.05) is 18.0 Å². The van der Waals surface area contributed by atoms with Gasteiger partial charge < -0.3 is 19.7 Å². The van der Waals surface area contributed by atoms with E-state index in [4.69, 9.17) is 10.00 Å². The van der Waals surface area contributed by atoms with Gasteiger partial charge in [-0.15, -0.1) is 0 Å². The van der Waals surface area contributed by atoms with Crippen LogP contribution < -0.4 is 14.8 Å². The van der Waals surface area contributed by atoms with Gasteiger partial charge in [-0.3, -0.25) is 4.79 Å². The molecule has 6 nitrogen and oxygen atoms in total. The van der Waals surface area contributed by atoms with E-state index in [9.17, 15) is 13.6 Å². The number of amides is 1. The third kappa shape index (κ3) is 6.21. The highest BCUT2D eigenvalue weighted by molar-refractivity contribution is 5.92. The monoisotopic (exact) mass is 389 g/mol. The van der Waals surface area contributed by atoms with E-state index in [1.165, 1.54) is 13.2 Å². The van der Waals surface area contributed by atoms with Crippen molar-refractivity contribution in [1.29, 1.82) is 5.26 Å². The minimum absolute atomic E-state index is 0.0331. The van der Waals surface area contributed by atoms with Crippen molar-refractivity contribution in [3.05, 3.63) is 53.6 Å². The summed E-state index contributed by atoms with van der Waals surface area (Å²) in [6.07, 6.45) is 0.215. The van der Waals surface area contributed by atoms with Gasteiger partial charge >= 0.3 is 6.61 Å². The van der Waals surface area contributed by atoms with Gasteiger partial charge in [0.2, 0.25) is 5.91 Å². The number of hydrogen-bond donors (Lipinski definition) is 1. The van der Waals surface area contributed by atoms with Crippen molar-refractivity contribution in [3.63, 3.8) is 0 Å². The summed E-state index contributed by atoms with van der Waals surface area (Å²) in [4.78, 5) is 14.0. The molecule has 1 amide bonds. The number of hydrogen-bond acceptors (Lipinski definition) is 5. The summed E-state index contributed by atoms with van der Waals surface area (Å²) in [5.74, 6) is -0.0255. The molecular formula is C20H21F2N3O3. The van der Waals surface area contributed by atoms with Crippen LogP contribution >= 0.6 is 0 Å². The number of nitrogens with one attached hydrogen (secondary N) is 1. The summed E-state index contributed by atoms with van der Waals surface area (Å²) in [6, 6.07) is 13.6. The van der Waals surface area contributed by atoms with Crippen molar-refractivity contribution in [3.8, 4) is 17.6 Å². The normalized spacial score (nSPS) is 10.6. The fraction of sp³-hybridized carbons (Fsp3) is 0.300. The van der Waals surface area contributed by atoms with Crippen LogP contribution in [0, 0.1) is 11.3 Å². The van der Waals surface area contributed by atoms with Crippen LogP contribution in [0.3, 0.4) is 0 Å². The molecule has 2 aromatic carbocycles. The molecule has 0 saturated carbocycles. The lowest BCUT2D eigenvalue weighted by Gasteiger charge is -2.18. The molecular weight excluding hydrogens is 368 g/mol. The number of methoxy groups -OCH3 is 1. The Balaban J connectivity index is 1.90. The van der Waals surface area contributed by atoms with E-state index >= 15 is 0 Å². The summed E-state index contributed by atoms with van der Waals surface area (Å²) in [7, 11) is 3.19. The molecule has 0 aromatic heterocycles. The average molecular weight is 389 g/mol. The van der Waals surface area contributed by atoms with Crippen LogP contribution in [-0.4, -0.2) is 38.1 Å². The molecule has 0 aliphatic heterocycles. The Labute approximate surface area is 162 Å². The topological polar surface area (TPSA) is 74.6 Å². The maximum Gasteiger partial charge on any atom is 0.387 e. The summed E-state index contributed by atoms with van der Waals surface area (Å²) >= 11 is 0. The van der Waals surface area contributed by atoms with Crippen molar-refractivity contribution in [2.24, 2.45) is 0 Å². The maximum absolute atomic E-state index is 12.5. The average Bonchev–Trinajstić information content (AvgIpc) is 2.66. The van der Waals surface area contributed by atoms with E-state index in [2.05, 4.69) is 10.1 Å². The predicted octanol–water partition coefficient (Wildman–Crippen LogP) is 3.63. The number of ether oxygens (including phenoxy) is 2. The Bertz CT molecular complexity index is 853. The third-order valence-corrected chi connectivity index (χ3v) is 3.94. The van der Waals surface area contributed by atoms with Gasteiger partial charge in [-0.05, 0) is 36.9 Å². The molecule has 0 fully saturated rings. The van der Waals surface area contributed by atoms with Crippen LogP contribution in [0.4, 0.5) is 14.5 Å². The molecule has 148 valence electrons. The van der Waals surface area contributed by atoms with Gasteiger partial charge in [0.25, 0.3) is 0 Å². The summed E-state index contributed by atoms with van der Waals surface area (Å²) in [5, 5.41) is 11.8. The number of benzene rings is 2. The Hall–Kier alpha value is -3.18. The summed E-state index contributed by atoms with van der Waals surface area (Å²) < 4.78 is 34.5. The first kappa shape index (κ1) is 21.1. The van der Waals surface area contributed by atoms with Gasteiger partial charge in [0.05, 0.1) is 18.4 Å². The molecule has 0 atom stereocenters. The number of alkyl halides is 2. The number of rotatable bonds is 9. The Kier molecular flexibility index (Phi) is 7.72. The van der Waals surface area contributed by atoms with Crippen LogP contribution in [0.2, 0.25) is 0 Å². The molecule has 0 radical (unpaired) electrons. The van der Waals surface area contributed by atoms with Gasteiger partial charge in [-0.2, -0.15) is 14.0 Å². The van der Waals surface area contributed by atoms with Crippen molar-refractivity contribution in [1.82, 2.24) is 4.90 Å². The number of carbonyl (C=O) groups excluding carboxylic acids is 1. The number of anilines is 1. The second-order valence-corrected chi connectivity index (χ2v) is 6.06. The fourth-order valence-corrected chi connectivity index (χ4v) is 2.59. The molecule has 0 spiro atoms. The quantitative estimate of drug-likeness (QED) is 0.709. The molecule has 2 aromatic rings. The van der Waals surface area contributed by atoms with Gasteiger partial charge in [0.1, 0.15) is 6.07 Å². The van der Waals surface area contributed by atoms with Crippen LogP contribution in [0.25, 0.3) is 0 Å². The highest BCUT2D eigenvalue weighted by Gasteiger charge is 2.13. The molecule has 0 aliphatic carbocycles. The van der Waals surface area contributed by atoms with Crippen molar-refractivity contribution >= 4 is 11.6 Å². The lowest BCUT2D eigenvalue weighted by atomic mass is 10.2. The van der Waals surface area contributed by atoms with Gasteiger partial charge in [-0.25, -0.2) is 0 Å². The molecule has 0 aliphatic rings. The first-order valence-corrected chi connectivity index (χ1v) is 8.52. The number of para-hydroxylation sites is 1. The van der Waals surface area contributed by atoms with E-state index in [1.54, 1.807) is 36.4 Å². The van der Waals surface area contributed by atoms with Crippen molar-refractivity contribution in [2.75, 3.05) is 26.0 Å². The summed E-state index contributed by atoms with van der Waals surface area (Å²) in [5.41, 5.74) is 1.62. The fourth-order valence-electron chi connectivity index (χ4n) is 2.59. The lowest BCUT2D eigenvalue weighted by Crippen LogP contribution is -2.24. The van der Waals surface area contributed by atoms with Crippen molar-refractivity contribution < 1.29 is 23.0 Å². The molecule has 0 heterocycles. The van der Waals surface area contributed by atoms with Crippen molar-refractivity contribution in [2.45, 2.75) is 19.6 Å². The largest absolute Gasteiger partial charge is 0.493 e. The Morgan fingerprint density at radius 1 is 1.25 bits per heavy atom. The van der Waals surface area contributed by atoms with Gasteiger partial charge in [0, 0.05) is 19.5 Å². The first-order chi connectivity index (χ1) is 13.4. The van der Waals surface area contributed by atoms with Gasteiger partial charge in [0.15, 0.2) is 11.5 Å². The molecule has 0 bridgehead atoms. The first-order valence-electron chi connectivity index (χ1n) is 8.52. The highest BCUT2D eigenvalue weighted by atomic mass is 19.3. The van der Waals surface area contributed by atoms with Crippen LogP contribution in [0.1, 0.15) is 17.5 Å². The molecule has 0 saturated heterocycles. The van der Waals surface area contributed by atoms with Gasteiger partial charge in [-0.1, -0.05) is 18.2 Å². The number of carbonyl (C=O) groups is 1. The second-order valence-electron chi connectivity index (χ2n) is 6.06. The number of nitriles is 1. The zero-order chi connectivity index (χ0) is 20.5. The SMILES string of the molecule is COc1ccc(CN(C)CCC(=O)Nc2ccccc2C#N)cc1OC(F)F. The molecule has 8 heteroatoms. The standard InChI is InChI=1S/C20H21F2N3O3/c1-25(10-9-19(26)24-16-6-4-3-5-15(16)12-23)13-14-7-8-17(27-2)18(11-14)28-20(21)22/h3-8,11,20H,9-10,13H2,1-2H3,(H,24,26). The van der Waals surface area contributed by atoms with E-state index in [0.717, 1.165) is 5.56 Å². The zero-order valence-corrected chi connectivity index (χ0v) is 15.6. The smallest absolute Gasteiger partial charge is 0.387 e. The van der Waals surface area contributed by atoms with E-state index in [0.29, 0.717) is 24.3 Å². The lowest BCUT2D eigenvalue weighted by molar-refractivity contribution is -0.116. The molecule has 28 heavy (non-hydrogen) atoms. The summed E-state index contributed by atoms with van der Waals surface area (Å²) in [6.45, 7) is -2.06. The molecule has 0 unspecified atom stereocenters. The van der Waals surface area contributed by atoms with Crippen LogP contribution in [0.15, 0.2) is 42.5 Å². The number of nitrogens with zero attached hydrogens (tertiary/aromatic N) is 2. The Morgan fingerprint density at radius 2 is 2.00 bits per heavy atom. The van der Waals surface area contributed by atoms with E-state index < -0.39 is 6.61 Å². The highest BCUT2D eigenvalue weighted by Crippen LogP contribution is 2.29. The third-order valence-electron chi connectivity index (χ3n) is 3.94. The zero-order valence-electron chi connectivity index (χ0n) is 15.6.